The zero-order valence-corrected chi connectivity index (χ0v) is 20.3. The largest absolute Gasteiger partial charge is 0.459 e. The van der Waals surface area contributed by atoms with Gasteiger partial charge in [0.25, 0.3) is 0 Å². The zero-order valence-electron chi connectivity index (χ0n) is 20.3. The Balaban J connectivity index is 1.82. The standard InChI is InChI=1S/C26H42O6/c1-14(2)12-20(29)32-22-21-19(7-6-16-13-17(28)8-10-24(16,21)4)26(31)11-9-18(15(3)27)25(26,5)23(22)30/h6,14-15,17-19,21-23,27-28,30-31H,7-13H2,1-5H3/t15-,17-,18+,19+,21+,22-,23+,24-,25-,26-/m0/s1. The van der Waals surface area contributed by atoms with Crippen molar-refractivity contribution < 1.29 is 30.0 Å². The quantitative estimate of drug-likeness (QED) is 0.388. The lowest BCUT2D eigenvalue weighted by Crippen LogP contribution is -2.72. The van der Waals surface area contributed by atoms with Gasteiger partial charge in [0.2, 0.25) is 0 Å². The summed E-state index contributed by atoms with van der Waals surface area (Å²) in [6, 6.07) is 0. The summed E-state index contributed by atoms with van der Waals surface area (Å²) in [5.41, 5.74) is -1.32. The fourth-order valence-electron chi connectivity index (χ4n) is 8.13. The summed E-state index contributed by atoms with van der Waals surface area (Å²) in [5.74, 6) is -0.863. The highest BCUT2D eigenvalue weighted by atomic mass is 16.6. The van der Waals surface area contributed by atoms with E-state index in [4.69, 9.17) is 4.74 Å². The first-order valence-electron chi connectivity index (χ1n) is 12.5. The number of aliphatic hydroxyl groups is 4. The van der Waals surface area contributed by atoms with E-state index in [0.29, 0.717) is 32.1 Å². The van der Waals surface area contributed by atoms with Crippen molar-refractivity contribution in [2.24, 2.45) is 34.5 Å². The number of carbonyl (C=O) groups is 1. The number of aliphatic hydroxyl groups excluding tert-OH is 3. The van der Waals surface area contributed by atoms with E-state index in [9.17, 15) is 25.2 Å². The van der Waals surface area contributed by atoms with Gasteiger partial charge in [-0.05, 0) is 68.6 Å². The molecule has 0 saturated heterocycles. The van der Waals surface area contributed by atoms with Gasteiger partial charge in [-0.3, -0.25) is 4.79 Å². The Kier molecular flexibility index (Phi) is 6.10. The second kappa shape index (κ2) is 8.07. The summed E-state index contributed by atoms with van der Waals surface area (Å²) in [4.78, 5) is 12.9. The van der Waals surface area contributed by atoms with Crippen molar-refractivity contribution in [3.8, 4) is 0 Å². The maximum Gasteiger partial charge on any atom is 0.306 e. The summed E-state index contributed by atoms with van der Waals surface area (Å²) < 4.78 is 6.10. The van der Waals surface area contributed by atoms with Crippen molar-refractivity contribution >= 4 is 5.97 Å². The minimum atomic E-state index is -1.15. The first-order chi connectivity index (χ1) is 14.9. The van der Waals surface area contributed by atoms with Crippen LogP contribution in [0.25, 0.3) is 0 Å². The molecule has 4 N–H and O–H groups in total. The van der Waals surface area contributed by atoms with E-state index in [-0.39, 0.29) is 47.6 Å². The molecule has 0 unspecified atom stereocenters. The van der Waals surface area contributed by atoms with Crippen LogP contribution in [-0.4, -0.2) is 56.4 Å². The molecule has 0 aliphatic heterocycles. The minimum absolute atomic E-state index is 0.144. The molecule has 32 heavy (non-hydrogen) atoms. The maximum atomic E-state index is 12.9. The zero-order chi connectivity index (χ0) is 23.6. The van der Waals surface area contributed by atoms with Gasteiger partial charge in [0.05, 0.1) is 23.9 Å². The summed E-state index contributed by atoms with van der Waals surface area (Å²) in [6.07, 6.45) is 3.35. The molecule has 0 amide bonds. The average molecular weight is 451 g/mol. The van der Waals surface area contributed by atoms with Gasteiger partial charge >= 0.3 is 5.97 Å². The Labute approximate surface area is 192 Å². The van der Waals surface area contributed by atoms with Crippen molar-refractivity contribution in [1.82, 2.24) is 0 Å². The SMILES string of the molecule is CC(C)CC(=O)O[C@H]1[C@H]2[C@@H](CC=C3C[C@@H](O)CC[C@@]32C)[C@@]2(O)CC[C@H]([C@H](C)O)[C@@]2(C)[C@@H]1O. The van der Waals surface area contributed by atoms with Crippen LogP contribution in [0.4, 0.5) is 0 Å². The number of esters is 1. The van der Waals surface area contributed by atoms with Crippen molar-refractivity contribution in [3.63, 3.8) is 0 Å². The lowest BCUT2D eigenvalue weighted by Gasteiger charge is -2.64. The Morgan fingerprint density at radius 2 is 1.88 bits per heavy atom. The third kappa shape index (κ3) is 3.31. The molecule has 182 valence electrons. The molecular weight excluding hydrogens is 408 g/mol. The summed E-state index contributed by atoms with van der Waals surface area (Å²) in [5, 5.41) is 44.9. The number of hydrogen-bond acceptors (Lipinski definition) is 6. The highest BCUT2D eigenvalue weighted by molar-refractivity contribution is 5.70. The normalized spacial score (nSPS) is 49.0. The first-order valence-corrected chi connectivity index (χ1v) is 12.5. The molecule has 0 bridgehead atoms. The fourth-order valence-corrected chi connectivity index (χ4v) is 8.13. The van der Waals surface area contributed by atoms with Crippen LogP contribution in [0.5, 0.6) is 0 Å². The number of ether oxygens (including phenoxy) is 1. The molecule has 4 aliphatic rings. The molecule has 3 fully saturated rings. The number of carbonyl (C=O) groups excluding carboxylic acids is 1. The van der Waals surface area contributed by atoms with Gasteiger partial charge in [0.15, 0.2) is 0 Å². The second-order valence-corrected chi connectivity index (χ2v) is 12.0. The molecule has 6 nitrogen and oxygen atoms in total. The molecule has 4 aliphatic carbocycles. The van der Waals surface area contributed by atoms with E-state index >= 15 is 0 Å². The predicted octanol–water partition coefficient (Wildman–Crippen LogP) is 2.96. The van der Waals surface area contributed by atoms with Crippen LogP contribution in [-0.2, 0) is 9.53 Å². The van der Waals surface area contributed by atoms with E-state index in [1.165, 1.54) is 0 Å². The lowest BCUT2D eigenvalue weighted by atomic mass is 9.44. The molecule has 4 rings (SSSR count). The molecule has 0 heterocycles. The van der Waals surface area contributed by atoms with Gasteiger partial charge < -0.3 is 25.2 Å². The van der Waals surface area contributed by atoms with Crippen LogP contribution in [0, 0.1) is 34.5 Å². The van der Waals surface area contributed by atoms with E-state index in [1.807, 2.05) is 20.8 Å². The maximum absolute atomic E-state index is 12.9. The monoisotopic (exact) mass is 450 g/mol. The molecule has 0 spiro atoms. The van der Waals surface area contributed by atoms with Crippen molar-refractivity contribution in [1.29, 1.82) is 0 Å². The number of allylic oxidation sites excluding steroid dienone is 1. The van der Waals surface area contributed by atoms with E-state index in [0.717, 1.165) is 12.0 Å². The van der Waals surface area contributed by atoms with E-state index < -0.39 is 29.3 Å². The lowest BCUT2D eigenvalue weighted by molar-refractivity contribution is -0.275. The van der Waals surface area contributed by atoms with Crippen molar-refractivity contribution in [2.45, 2.75) is 110 Å². The van der Waals surface area contributed by atoms with Gasteiger partial charge in [-0.1, -0.05) is 39.3 Å². The van der Waals surface area contributed by atoms with Crippen LogP contribution in [0.2, 0.25) is 0 Å². The van der Waals surface area contributed by atoms with Gasteiger partial charge in [-0.15, -0.1) is 0 Å². The van der Waals surface area contributed by atoms with E-state index in [2.05, 4.69) is 13.0 Å². The van der Waals surface area contributed by atoms with Gasteiger partial charge in [-0.25, -0.2) is 0 Å². The third-order valence-electron chi connectivity index (χ3n) is 9.83. The van der Waals surface area contributed by atoms with Crippen molar-refractivity contribution in [2.75, 3.05) is 0 Å². The second-order valence-electron chi connectivity index (χ2n) is 12.0. The van der Waals surface area contributed by atoms with Crippen LogP contribution < -0.4 is 0 Å². The topological polar surface area (TPSA) is 107 Å². The Hall–Kier alpha value is -0.950. The Bertz CT molecular complexity index is 776. The van der Waals surface area contributed by atoms with Crippen LogP contribution in [0.3, 0.4) is 0 Å². The van der Waals surface area contributed by atoms with Gasteiger partial charge in [-0.2, -0.15) is 0 Å². The van der Waals surface area contributed by atoms with Crippen LogP contribution in [0.1, 0.15) is 79.6 Å². The Morgan fingerprint density at radius 3 is 2.50 bits per heavy atom. The minimum Gasteiger partial charge on any atom is -0.459 e. The molecular formula is C26H42O6. The Morgan fingerprint density at radius 1 is 1.19 bits per heavy atom. The summed E-state index contributed by atoms with van der Waals surface area (Å²) >= 11 is 0. The van der Waals surface area contributed by atoms with Crippen LogP contribution >= 0.6 is 0 Å². The molecule has 6 heteroatoms. The van der Waals surface area contributed by atoms with Gasteiger partial charge in [0.1, 0.15) is 6.10 Å². The highest BCUT2D eigenvalue weighted by Gasteiger charge is 2.73. The number of hydrogen-bond donors (Lipinski definition) is 4. The predicted molar refractivity (Wildman–Crippen MR) is 120 cm³/mol. The molecule has 3 saturated carbocycles. The number of fused-ring (bicyclic) bond motifs is 5. The molecule has 0 aromatic carbocycles. The van der Waals surface area contributed by atoms with Crippen LogP contribution in [0.15, 0.2) is 11.6 Å². The molecule has 0 radical (unpaired) electrons. The molecule has 10 atom stereocenters. The first kappa shape index (κ1) is 24.2. The van der Waals surface area contributed by atoms with Gasteiger partial charge in [0, 0.05) is 17.8 Å². The number of rotatable bonds is 4. The van der Waals surface area contributed by atoms with E-state index in [1.54, 1.807) is 6.92 Å². The smallest absolute Gasteiger partial charge is 0.306 e. The third-order valence-corrected chi connectivity index (χ3v) is 9.83. The van der Waals surface area contributed by atoms with Crippen molar-refractivity contribution in [3.05, 3.63) is 11.6 Å². The average Bonchev–Trinajstić information content (AvgIpc) is 2.98. The molecule has 0 aromatic heterocycles. The summed E-state index contributed by atoms with van der Waals surface area (Å²) in [7, 11) is 0. The summed E-state index contributed by atoms with van der Waals surface area (Å²) in [6.45, 7) is 9.70. The fraction of sp³-hybridized carbons (Fsp3) is 0.885. The highest BCUT2D eigenvalue weighted by Crippen LogP contribution is 2.68. The molecule has 0 aromatic rings.